The minimum absolute atomic E-state index is 0.200. The van der Waals surface area contributed by atoms with Gasteiger partial charge < -0.3 is 14.5 Å². The second-order valence-corrected chi connectivity index (χ2v) is 8.07. The number of furan rings is 1. The fourth-order valence-corrected chi connectivity index (χ4v) is 4.27. The number of thiazole rings is 1. The normalized spacial score (nSPS) is 11.0. The number of rotatable bonds is 8. The highest BCUT2D eigenvalue weighted by molar-refractivity contribution is 7.09. The number of methoxy groups -OCH3 is 1. The number of carbonyl (C=O) groups is 1. The molecule has 0 aliphatic heterocycles. The third-order valence-electron chi connectivity index (χ3n) is 4.94. The predicted octanol–water partition coefficient (Wildman–Crippen LogP) is 5.63. The van der Waals surface area contributed by atoms with E-state index in [4.69, 9.17) is 9.15 Å². The van der Waals surface area contributed by atoms with Gasteiger partial charge in [0.2, 0.25) is 5.76 Å². The summed E-state index contributed by atoms with van der Waals surface area (Å²) in [6.45, 7) is 2.60. The molecule has 0 fully saturated rings. The van der Waals surface area contributed by atoms with E-state index < -0.39 is 0 Å². The maximum atomic E-state index is 13.0. The van der Waals surface area contributed by atoms with E-state index >= 15 is 0 Å². The molecule has 0 bridgehead atoms. The summed E-state index contributed by atoms with van der Waals surface area (Å²) in [7, 11) is 1.61. The number of amides is 1. The number of nitrogens with one attached hydrogen (secondary N) is 1. The van der Waals surface area contributed by atoms with Gasteiger partial charge in [0.15, 0.2) is 0 Å². The molecule has 2 aromatic carbocycles. The number of hydrogen-bond donors (Lipinski definition) is 1. The van der Waals surface area contributed by atoms with Gasteiger partial charge in [-0.1, -0.05) is 30.3 Å². The van der Waals surface area contributed by atoms with E-state index in [-0.39, 0.29) is 5.91 Å². The standard InChI is InChI=1S/C24H24N2O3S/c1-16-15-30-21(26-16)10-6-7-13-25-24(27)23-22(17-8-4-3-5-9-17)19-12-11-18(28-2)14-20(19)29-23/h3-5,8-9,11-12,14-15H,6-7,10,13H2,1-2H3,(H,25,27). The summed E-state index contributed by atoms with van der Waals surface area (Å²) in [6, 6.07) is 15.5. The highest BCUT2D eigenvalue weighted by atomic mass is 32.1. The lowest BCUT2D eigenvalue weighted by Crippen LogP contribution is -2.24. The summed E-state index contributed by atoms with van der Waals surface area (Å²) < 4.78 is 11.3. The van der Waals surface area contributed by atoms with Gasteiger partial charge in [0, 0.05) is 34.6 Å². The number of hydrogen-bond acceptors (Lipinski definition) is 5. The smallest absolute Gasteiger partial charge is 0.287 e. The molecule has 0 saturated carbocycles. The number of benzene rings is 2. The maximum absolute atomic E-state index is 13.0. The first-order valence-corrected chi connectivity index (χ1v) is 10.9. The Kier molecular flexibility index (Phi) is 6.14. The molecule has 0 aliphatic rings. The lowest BCUT2D eigenvalue weighted by Gasteiger charge is -2.06. The van der Waals surface area contributed by atoms with Crippen molar-refractivity contribution < 1.29 is 13.9 Å². The summed E-state index contributed by atoms with van der Waals surface area (Å²) in [5.74, 6) is 0.828. The van der Waals surface area contributed by atoms with Crippen molar-refractivity contribution in [3.8, 4) is 16.9 Å². The van der Waals surface area contributed by atoms with Crippen molar-refractivity contribution in [1.82, 2.24) is 10.3 Å². The van der Waals surface area contributed by atoms with Crippen molar-refractivity contribution >= 4 is 28.2 Å². The van der Waals surface area contributed by atoms with Crippen molar-refractivity contribution in [1.29, 1.82) is 0 Å². The van der Waals surface area contributed by atoms with E-state index in [0.717, 1.165) is 46.5 Å². The molecule has 2 aromatic heterocycles. The van der Waals surface area contributed by atoms with Gasteiger partial charge in [-0.3, -0.25) is 4.79 Å². The van der Waals surface area contributed by atoms with Crippen LogP contribution in [0.4, 0.5) is 0 Å². The number of aryl methyl sites for hydroxylation is 2. The monoisotopic (exact) mass is 420 g/mol. The molecule has 5 nitrogen and oxygen atoms in total. The summed E-state index contributed by atoms with van der Waals surface area (Å²) in [6.07, 6.45) is 2.81. The van der Waals surface area contributed by atoms with Gasteiger partial charge in [0.05, 0.1) is 12.1 Å². The first-order valence-electron chi connectivity index (χ1n) is 10.0. The molecule has 0 spiro atoms. The minimum Gasteiger partial charge on any atom is -0.497 e. The van der Waals surface area contributed by atoms with Crippen molar-refractivity contribution in [2.75, 3.05) is 13.7 Å². The second kappa shape index (κ2) is 9.13. The van der Waals surface area contributed by atoms with Crippen LogP contribution in [0, 0.1) is 6.92 Å². The zero-order chi connectivity index (χ0) is 20.9. The number of fused-ring (bicyclic) bond motifs is 1. The molecule has 6 heteroatoms. The molecule has 0 saturated heterocycles. The third kappa shape index (κ3) is 4.39. The van der Waals surface area contributed by atoms with Gasteiger partial charge >= 0.3 is 0 Å². The van der Waals surface area contributed by atoms with E-state index in [1.165, 1.54) is 0 Å². The average Bonchev–Trinajstić information content (AvgIpc) is 3.36. The summed E-state index contributed by atoms with van der Waals surface area (Å²) in [5, 5.41) is 7.12. The topological polar surface area (TPSA) is 64.4 Å². The maximum Gasteiger partial charge on any atom is 0.287 e. The quantitative estimate of drug-likeness (QED) is 0.376. The molecule has 4 aromatic rings. The Morgan fingerprint density at radius 1 is 1.17 bits per heavy atom. The molecule has 0 radical (unpaired) electrons. The Labute approximate surface area is 179 Å². The van der Waals surface area contributed by atoms with Crippen LogP contribution in [0.25, 0.3) is 22.1 Å². The number of carbonyl (C=O) groups excluding carboxylic acids is 1. The molecule has 2 heterocycles. The van der Waals surface area contributed by atoms with Crippen LogP contribution in [0.3, 0.4) is 0 Å². The molecule has 0 atom stereocenters. The Morgan fingerprint density at radius 2 is 2.00 bits per heavy atom. The highest BCUT2D eigenvalue weighted by Gasteiger charge is 2.22. The van der Waals surface area contributed by atoms with E-state index in [2.05, 4.69) is 15.7 Å². The van der Waals surface area contributed by atoms with Crippen LogP contribution in [0.1, 0.15) is 34.1 Å². The molecule has 0 aliphatic carbocycles. The molecule has 0 unspecified atom stereocenters. The molecule has 30 heavy (non-hydrogen) atoms. The SMILES string of the molecule is COc1ccc2c(-c3ccccc3)c(C(=O)NCCCCc3nc(C)cs3)oc2c1. The van der Waals surface area contributed by atoms with E-state index in [1.54, 1.807) is 18.4 Å². The third-order valence-corrected chi connectivity index (χ3v) is 5.96. The van der Waals surface area contributed by atoms with Gasteiger partial charge in [0.1, 0.15) is 11.3 Å². The van der Waals surface area contributed by atoms with Crippen LogP contribution in [0.15, 0.2) is 58.3 Å². The summed E-state index contributed by atoms with van der Waals surface area (Å²) in [5.41, 5.74) is 3.46. The van der Waals surface area contributed by atoms with Crippen molar-refractivity contribution in [2.45, 2.75) is 26.2 Å². The van der Waals surface area contributed by atoms with Crippen LogP contribution in [0.2, 0.25) is 0 Å². The zero-order valence-corrected chi connectivity index (χ0v) is 17.9. The first-order chi connectivity index (χ1) is 14.7. The van der Waals surface area contributed by atoms with Gasteiger partial charge in [-0.05, 0) is 43.9 Å². The molecule has 4 rings (SSSR count). The largest absolute Gasteiger partial charge is 0.497 e. The van der Waals surface area contributed by atoms with Crippen LogP contribution in [0.5, 0.6) is 5.75 Å². The Balaban J connectivity index is 1.49. The molecule has 1 N–H and O–H groups in total. The lowest BCUT2D eigenvalue weighted by atomic mass is 10.0. The van der Waals surface area contributed by atoms with Crippen LogP contribution in [-0.4, -0.2) is 24.5 Å². The Hall–Kier alpha value is -3.12. The number of unbranched alkanes of at least 4 members (excludes halogenated alkanes) is 1. The van der Waals surface area contributed by atoms with Crippen LogP contribution < -0.4 is 10.1 Å². The fourth-order valence-electron chi connectivity index (χ4n) is 3.46. The Morgan fingerprint density at radius 3 is 2.73 bits per heavy atom. The van der Waals surface area contributed by atoms with Crippen LogP contribution in [-0.2, 0) is 6.42 Å². The summed E-state index contributed by atoms with van der Waals surface area (Å²) >= 11 is 1.69. The molecule has 1 amide bonds. The van der Waals surface area contributed by atoms with Crippen molar-refractivity contribution in [3.63, 3.8) is 0 Å². The second-order valence-electron chi connectivity index (χ2n) is 7.13. The number of nitrogens with zero attached hydrogens (tertiary/aromatic N) is 1. The number of aromatic nitrogens is 1. The zero-order valence-electron chi connectivity index (χ0n) is 17.1. The van der Waals surface area contributed by atoms with Gasteiger partial charge in [-0.25, -0.2) is 4.98 Å². The van der Waals surface area contributed by atoms with Crippen molar-refractivity contribution in [3.05, 3.63) is 70.4 Å². The van der Waals surface area contributed by atoms with E-state index in [9.17, 15) is 4.79 Å². The van der Waals surface area contributed by atoms with Crippen molar-refractivity contribution in [2.24, 2.45) is 0 Å². The van der Waals surface area contributed by atoms with Gasteiger partial charge in [-0.2, -0.15) is 0 Å². The Bertz CT molecular complexity index is 1150. The molecular formula is C24H24N2O3S. The van der Waals surface area contributed by atoms with Gasteiger partial charge in [0.25, 0.3) is 5.91 Å². The first kappa shape index (κ1) is 20.2. The molecular weight excluding hydrogens is 396 g/mol. The molecule has 154 valence electrons. The number of ether oxygens (including phenoxy) is 1. The van der Waals surface area contributed by atoms with E-state index in [0.29, 0.717) is 23.6 Å². The highest BCUT2D eigenvalue weighted by Crippen LogP contribution is 2.36. The summed E-state index contributed by atoms with van der Waals surface area (Å²) in [4.78, 5) is 17.4. The lowest BCUT2D eigenvalue weighted by molar-refractivity contribution is 0.0928. The minimum atomic E-state index is -0.200. The predicted molar refractivity (Wildman–Crippen MR) is 120 cm³/mol. The van der Waals surface area contributed by atoms with E-state index in [1.807, 2.05) is 55.5 Å². The van der Waals surface area contributed by atoms with Gasteiger partial charge in [-0.15, -0.1) is 11.3 Å². The fraction of sp³-hybridized carbons (Fsp3) is 0.250. The average molecular weight is 421 g/mol. The van der Waals surface area contributed by atoms with Crippen LogP contribution >= 0.6 is 11.3 Å².